The Balaban J connectivity index is 2.11. The van der Waals surface area contributed by atoms with Crippen LogP contribution in [0.4, 0.5) is 0 Å². The molecule has 1 aromatic carbocycles. The topological polar surface area (TPSA) is 94.5 Å². The second kappa shape index (κ2) is 10.1. The molecule has 1 heterocycles. The Labute approximate surface area is 178 Å². The van der Waals surface area contributed by atoms with Gasteiger partial charge < -0.3 is 24.7 Å². The van der Waals surface area contributed by atoms with Crippen LogP contribution in [-0.2, 0) is 16.6 Å². The fourth-order valence-electron chi connectivity index (χ4n) is 2.90. The molecule has 1 unspecified atom stereocenters. The number of carbonyl (C=O) groups is 2. The quantitative estimate of drug-likeness (QED) is 0.613. The van der Waals surface area contributed by atoms with Crippen molar-refractivity contribution in [2.45, 2.75) is 39.7 Å². The fourth-order valence-corrected chi connectivity index (χ4v) is 2.90. The summed E-state index contributed by atoms with van der Waals surface area (Å²) in [5, 5.41) is 5.91. The van der Waals surface area contributed by atoms with E-state index in [4.69, 9.17) is 9.47 Å². The lowest BCUT2D eigenvalue weighted by Crippen LogP contribution is -2.36. The summed E-state index contributed by atoms with van der Waals surface area (Å²) in [5.74, 6) is 1.79. The molecule has 0 fully saturated rings. The number of benzene rings is 1. The summed E-state index contributed by atoms with van der Waals surface area (Å²) in [5.41, 5.74) is 0.353. The summed E-state index contributed by atoms with van der Waals surface area (Å²) < 4.78 is 12.6. The van der Waals surface area contributed by atoms with Crippen LogP contribution < -0.4 is 20.1 Å². The molecule has 30 heavy (non-hydrogen) atoms. The Kier molecular flexibility index (Phi) is 7.86. The predicted octanol–water partition coefficient (Wildman–Crippen LogP) is 2.59. The monoisotopic (exact) mass is 416 g/mol. The van der Waals surface area contributed by atoms with E-state index in [9.17, 15) is 9.59 Å². The van der Waals surface area contributed by atoms with Gasteiger partial charge in [-0.25, -0.2) is 4.98 Å². The van der Waals surface area contributed by atoms with E-state index in [1.54, 1.807) is 26.5 Å². The number of aryl methyl sites for hydroxylation is 1. The summed E-state index contributed by atoms with van der Waals surface area (Å²) in [7, 11) is 5.04. The van der Waals surface area contributed by atoms with Gasteiger partial charge in [-0.3, -0.25) is 9.59 Å². The maximum atomic E-state index is 12.7. The smallest absolute Gasteiger partial charge is 0.225 e. The van der Waals surface area contributed by atoms with Gasteiger partial charge in [-0.15, -0.1) is 0 Å². The Morgan fingerprint density at radius 2 is 1.77 bits per heavy atom. The minimum Gasteiger partial charge on any atom is -0.497 e. The molecule has 1 atom stereocenters. The molecular weight excluding hydrogens is 384 g/mol. The largest absolute Gasteiger partial charge is 0.497 e. The van der Waals surface area contributed by atoms with Gasteiger partial charge >= 0.3 is 0 Å². The van der Waals surface area contributed by atoms with Crippen LogP contribution in [0, 0.1) is 5.41 Å². The van der Waals surface area contributed by atoms with Crippen LogP contribution in [0.5, 0.6) is 11.5 Å². The van der Waals surface area contributed by atoms with Crippen molar-refractivity contribution in [2.24, 2.45) is 12.5 Å². The molecule has 1 aromatic heterocycles. The Morgan fingerprint density at radius 3 is 2.27 bits per heavy atom. The number of methoxy groups -OCH3 is 2. The van der Waals surface area contributed by atoms with Crippen LogP contribution in [-0.4, -0.2) is 42.1 Å². The SMILES string of the molecule is COc1cc(OC)cc(C(NC(=O)CCCNC(=O)C(C)(C)C)c2nccn2C)c1. The summed E-state index contributed by atoms with van der Waals surface area (Å²) >= 11 is 0. The molecule has 0 spiro atoms. The highest BCUT2D eigenvalue weighted by Gasteiger charge is 2.23. The summed E-state index contributed by atoms with van der Waals surface area (Å²) in [6, 6.07) is 5.02. The van der Waals surface area contributed by atoms with E-state index >= 15 is 0 Å². The third-order valence-electron chi connectivity index (χ3n) is 4.68. The molecule has 8 nitrogen and oxygen atoms in total. The highest BCUT2D eigenvalue weighted by atomic mass is 16.5. The summed E-state index contributed by atoms with van der Waals surface area (Å²) in [4.78, 5) is 29.0. The first kappa shape index (κ1) is 23.3. The van der Waals surface area contributed by atoms with E-state index in [0.29, 0.717) is 30.3 Å². The van der Waals surface area contributed by atoms with E-state index in [1.165, 1.54) is 0 Å². The van der Waals surface area contributed by atoms with Crippen molar-refractivity contribution in [3.63, 3.8) is 0 Å². The molecule has 2 aromatic rings. The molecule has 0 aliphatic carbocycles. The zero-order valence-corrected chi connectivity index (χ0v) is 18.6. The maximum absolute atomic E-state index is 12.7. The number of nitrogens with one attached hydrogen (secondary N) is 2. The Bertz CT molecular complexity index is 848. The van der Waals surface area contributed by atoms with Crippen molar-refractivity contribution in [3.8, 4) is 11.5 Å². The van der Waals surface area contributed by atoms with Gasteiger partial charge in [-0.1, -0.05) is 20.8 Å². The summed E-state index contributed by atoms with van der Waals surface area (Å²) in [6.07, 6.45) is 4.34. The number of aromatic nitrogens is 2. The molecule has 0 bridgehead atoms. The zero-order valence-electron chi connectivity index (χ0n) is 18.6. The lowest BCUT2D eigenvalue weighted by Gasteiger charge is -2.21. The van der Waals surface area contributed by atoms with Gasteiger partial charge in [0.15, 0.2) is 0 Å². The number of imidazole rings is 1. The standard InChI is InChI=1S/C22H32N4O4/c1-22(2,3)21(28)24-9-7-8-18(27)25-19(20-23-10-11-26(20)4)15-12-16(29-5)14-17(13-15)30-6/h10-14,19H,7-9H2,1-6H3,(H,24,28)(H,25,27). The second-order valence-electron chi connectivity index (χ2n) is 8.15. The van der Waals surface area contributed by atoms with Crippen molar-refractivity contribution in [1.29, 1.82) is 0 Å². The minimum absolute atomic E-state index is 0.0303. The molecule has 2 N–H and O–H groups in total. The highest BCUT2D eigenvalue weighted by Crippen LogP contribution is 2.29. The van der Waals surface area contributed by atoms with Gasteiger partial charge in [0.05, 0.1) is 14.2 Å². The first-order valence-electron chi connectivity index (χ1n) is 9.93. The van der Waals surface area contributed by atoms with E-state index in [2.05, 4.69) is 15.6 Å². The number of nitrogens with zero attached hydrogens (tertiary/aromatic N) is 2. The number of amides is 2. The average Bonchev–Trinajstić information content (AvgIpc) is 3.13. The van der Waals surface area contributed by atoms with Gasteiger partial charge in [-0.2, -0.15) is 0 Å². The molecule has 8 heteroatoms. The molecule has 0 saturated heterocycles. The van der Waals surface area contributed by atoms with Crippen LogP contribution in [0.3, 0.4) is 0 Å². The van der Waals surface area contributed by atoms with Crippen molar-refractivity contribution in [3.05, 3.63) is 42.0 Å². The molecule has 0 saturated carbocycles. The van der Waals surface area contributed by atoms with Crippen molar-refractivity contribution >= 4 is 11.8 Å². The van der Waals surface area contributed by atoms with E-state index < -0.39 is 11.5 Å². The van der Waals surface area contributed by atoms with Crippen LogP contribution in [0.1, 0.15) is 51.0 Å². The second-order valence-corrected chi connectivity index (χ2v) is 8.15. The molecule has 0 radical (unpaired) electrons. The van der Waals surface area contributed by atoms with Crippen molar-refractivity contribution in [1.82, 2.24) is 20.2 Å². The van der Waals surface area contributed by atoms with Gasteiger partial charge in [0.25, 0.3) is 0 Å². The number of rotatable bonds is 9. The third-order valence-corrected chi connectivity index (χ3v) is 4.68. The molecular formula is C22H32N4O4. The first-order chi connectivity index (χ1) is 14.2. The highest BCUT2D eigenvalue weighted by molar-refractivity contribution is 5.81. The minimum atomic E-state index is -0.467. The van der Waals surface area contributed by atoms with E-state index in [1.807, 2.05) is 50.7 Å². The first-order valence-corrected chi connectivity index (χ1v) is 9.93. The number of hydrogen-bond acceptors (Lipinski definition) is 5. The van der Waals surface area contributed by atoms with E-state index in [-0.39, 0.29) is 18.2 Å². The number of hydrogen-bond donors (Lipinski definition) is 2. The third kappa shape index (κ3) is 6.23. The van der Waals surface area contributed by atoms with Crippen LogP contribution in [0.25, 0.3) is 0 Å². The lowest BCUT2D eigenvalue weighted by atomic mass is 9.96. The van der Waals surface area contributed by atoms with Gasteiger partial charge in [-0.05, 0) is 24.1 Å². The fraction of sp³-hybridized carbons (Fsp3) is 0.500. The zero-order chi connectivity index (χ0) is 22.3. The maximum Gasteiger partial charge on any atom is 0.225 e. The van der Waals surface area contributed by atoms with Crippen molar-refractivity contribution < 1.29 is 19.1 Å². The Morgan fingerprint density at radius 1 is 1.13 bits per heavy atom. The van der Waals surface area contributed by atoms with Gasteiger partial charge in [0.1, 0.15) is 23.4 Å². The number of carbonyl (C=O) groups excluding carboxylic acids is 2. The molecule has 0 aliphatic heterocycles. The van der Waals surface area contributed by atoms with Gasteiger partial charge in [0.2, 0.25) is 11.8 Å². The molecule has 2 rings (SSSR count). The normalized spacial score (nSPS) is 12.2. The molecule has 2 amide bonds. The van der Waals surface area contributed by atoms with Gasteiger partial charge in [0, 0.05) is 43.9 Å². The average molecular weight is 417 g/mol. The molecule has 0 aliphatic rings. The van der Waals surface area contributed by atoms with E-state index in [0.717, 1.165) is 5.56 Å². The number of ether oxygens (including phenoxy) is 2. The summed E-state index contributed by atoms with van der Waals surface area (Å²) in [6.45, 7) is 6.02. The van der Waals surface area contributed by atoms with Crippen LogP contribution in [0.15, 0.2) is 30.6 Å². The molecule has 164 valence electrons. The Hall–Kier alpha value is -3.03. The van der Waals surface area contributed by atoms with Crippen molar-refractivity contribution in [2.75, 3.05) is 20.8 Å². The lowest BCUT2D eigenvalue weighted by molar-refractivity contribution is -0.128. The predicted molar refractivity (Wildman–Crippen MR) is 114 cm³/mol. The van der Waals surface area contributed by atoms with Crippen LogP contribution >= 0.6 is 0 Å². The van der Waals surface area contributed by atoms with Crippen LogP contribution in [0.2, 0.25) is 0 Å².